The average Bonchev–Trinajstić information content (AvgIpc) is 2.68. The van der Waals surface area contributed by atoms with E-state index in [1.54, 1.807) is 11.3 Å². The average molecular weight is 240 g/mol. The smallest absolute Gasteiger partial charge is 0.0897 e. The highest BCUT2D eigenvalue weighted by Gasteiger charge is 1.96. The minimum atomic E-state index is 0.930. The second kappa shape index (κ2) is 8.71. The first-order chi connectivity index (χ1) is 7.83. The summed E-state index contributed by atoms with van der Waals surface area (Å²) >= 11 is 1.73. The van der Waals surface area contributed by atoms with Crippen LogP contribution < -0.4 is 5.32 Å². The van der Waals surface area contributed by atoms with Gasteiger partial charge in [0.1, 0.15) is 0 Å². The number of unbranched alkanes of at least 4 members (excludes halogenated alkanes) is 5. The highest BCUT2D eigenvalue weighted by molar-refractivity contribution is 7.09. The lowest BCUT2D eigenvalue weighted by Crippen LogP contribution is -2.14. The number of hydrogen-bond acceptors (Lipinski definition) is 3. The molecule has 1 aromatic rings. The van der Waals surface area contributed by atoms with Crippen molar-refractivity contribution in [2.24, 2.45) is 0 Å². The summed E-state index contributed by atoms with van der Waals surface area (Å²) in [6.07, 6.45) is 8.19. The van der Waals surface area contributed by atoms with Crippen molar-refractivity contribution in [1.29, 1.82) is 0 Å². The molecule has 1 aromatic heterocycles. The van der Waals surface area contributed by atoms with Crippen molar-refractivity contribution in [2.75, 3.05) is 6.54 Å². The molecule has 1 N–H and O–H groups in total. The number of rotatable bonds is 9. The molecule has 16 heavy (non-hydrogen) atoms. The quantitative estimate of drug-likeness (QED) is 0.662. The zero-order valence-corrected chi connectivity index (χ0v) is 11.4. The third kappa shape index (κ3) is 6.23. The van der Waals surface area contributed by atoms with E-state index in [1.165, 1.54) is 44.2 Å². The van der Waals surface area contributed by atoms with Gasteiger partial charge in [0.25, 0.3) is 0 Å². The molecule has 0 aromatic carbocycles. The van der Waals surface area contributed by atoms with Gasteiger partial charge in [0.15, 0.2) is 0 Å². The topological polar surface area (TPSA) is 24.9 Å². The molecule has 2 nitrogen and oxygen atoms in total. The summed E-state index contributed by atoms with van der Waals surface area (Å²) in [5.41, 5.74) is 1.19. The summed E-state index contributed by atoms with van der Waals surface area (Å²) in [5, 5.41) is 6.76. The first-order valence-corrected chi connectivity index (χ1v) is 7.32. The molecule has 0 aliphatic rings. The fraction of sp³-hybridized carbons (Fsp3) is 0.769. The third-order valence-corrected chi connectivity index (χ3v) is 3.50. The molecule has 3 heteroatoms. The van der Waals surface area contributed by atoms with Crippen LogP contribution in [-0.4, -0.2) is 11.5 Å². The van der Waals surface area contributed by atoms with Crippen LogP contribution in [-0.2, 0) is 6.54 Å². The van der Waals surface area contributed by atoms with Crippen LogP contribution in [0.1, 0.15) is 56.2 Å². The van der Waals surface area contributed by atoms with Crippen molar-refractivity contribution in [1.82, 2.24) is 10.3 Å². The lowest BCUT2D eigenvalue weighted by atomic mass is 10.1. The van der Waals surface area contributed by atoms with Crippen molar-refractivity contribution in [3.05, 3.63) is 16.1 Å². The molecular formula is C13H24N2S. The number of thiazole rings is 1. The van der Waals surface area contributed by atoms with Gasteiger partial charge in [0.05, 0.1) is 10.7 Å². The molecular weight excluding hydrogens is 216 g/mol. The van der Waals surface area contributed by atoms with Crippen LogP contribution in [0.25, 0.3) is 0 Å². The van der Waals surface area contributed by atoms with Gasteiger partial charge in [-0.3, -0.25) is 0 Å². The minimum absolute atomic E-state index is 0.930. The van der Waals surface area contributed by atoms with Gasteiger partial charge in [-0.1, -0.05) is 39.0 Å². The highest BCUT2D eigenvalue weighted by atomic mass is 32.1. The number of hydrogen-bond donors (Lipinski definition) is 1. The third-order valence-electron chi connectivity index (χ3n) is 2.68. The van der Waals surface area contributed by atoms with E-state index >= 15 is 0 Å². The van der Waals surface area contributed by atoms with Crippen LogP contribution in [0.2, 0.25) is 0 Å². The molecule has 0 atom stereocenters. The van der Waals surface area contributed by atoms with Gasteiger partial charge in [-0.25, -0.2) is 4.98 Å². The molecule has 0 saturated carbocycles. The van der Waals surface area contributed by atoms with Gasteiger partial charge in [-0.2, -0.15) is 0 Å². The first kappa shape index (κ1) is 13.7. The van der Waals surface area contributed by atoms with E-state index < -0.39 is 0 Å². The Balaban J connectivity index is 1.88. The summed E-state index contributed by atoms with van der Waals surface area (Å²) in [6, 6.07) is 0. The number of nitrogens with one attached hydrogen (secondary N) is 1. The van der Waals surface area contributed by atoms with Gasteiger partial charge in [0, 0.05) is 11.9 Å². The van der Waals surface area contributed by atoms with E-state index in [2.05, 4.69) is 29.5 Å². The van der Waals surface area contributed by atoms with E-state index in [9.17, 15) is 0 Å². The van der Waals surface area contributed by atoms with Gasteiger partial charge >= 0.3 is 0 Å². The molecule has 0 aliphatic carbocycles. The number of aromatic nitrogens is 1. The standard InChI is InChI=1S/C13H24N2S/c1-3-4-5-6-7-8-9-14-10-13-11-16-12(2)15-13/h11,14H,3-10H2,1-2H3. The number of aryl methyl sites for hydroxylation is 1. The Morgan fingerprint density at radius 1 is 1.19 bits per heavy atom. The molecule has 0 amide bonds. The molecule has 92 valence electrons. The SMILES string of the molecule is CCCCCCCCNCc1csc(C)n1. The zero-order chi connectivity index (χ0) is 11.6. The first-order valence-electron chi connectivity index (χ1n) is 6.44. The lowest BCUT2D eigenvalue weighted by molar-refractivity contribution is 0.570. The van der Waals surface area contributed by atoms with Gasteiger partial charge < -0.3 is 5.32 Å². The molecule has 1 rings (SSSR count). The highest BCUT2D eigenvalue weighted by Crippen LogP contribution is 2.07. The second-order valence-electron chi connectivity index (χ2n) is 4.30. The van der Waals surface area contributed by atoms with Crippen LogP contribution >= 0.6 is 11.3 Å². The predicted molar refractivity (Wildman–Crippen MR) is 71.9 cm³/mol. The van der Waals surface area contributed by atoms with E-state index in [0.717, 1.165) is 18.1 Å². The maximum absolute atomic E-state index is 4.43. The largest absolute Gasteiger partial charge is 0.311 e. The molecule has 0 saturated heterocycles. The molecule has 0 radical (unpaired) electrons. The molecule has 0 unspecified atom stereocenters. The molecule has 0 bridgehead atoms. The molecule has 0 spiro atoms. The number of nitrogens with zero attached hydrogens (tertiary/aromatic N) is 1. The summed E-state index contributed by atoms with van der Waals surface area (Å²) in [7, 11) is 0. The Bertz CT molecular complexity index is 271. The van der Waals surface area contributed by atoms with Gasteiger partial charge in [-0.05, 0) is 19.9 Å². The van der Waals surface area contributed by atoms with Crippen LogP contribution in [0, 0.1) is 6.92 Å². The van der Waals surface area contributed by atoms with Crippen LogP contribution in [0.15, 0.2) is 5.38 Å². The van der Waals surface area contributed by atoms with Gasteiger partial charge in [-0.15, -0.1) is 11.3 Å². The Hall–Kier alpha value is -0.410. The van der Waals surface area contributed by atoms with Crippen LogP contribution in [0.3, 0.4) is 0 Å². The van der Waals surface area contributed by atoms with Crippen molar-refractivity contribution < 1.29 is 0 Å². The summed E-state index contributed by atoms with van der Waals surface area (Å²) < 4.78 is 0. The summed E-state index contributed by atoms with van der Waals surface area (Å²) in [4.78, 5) is 4.43. The van der Waals surface area contributed by atoms with Crippen molar-refractivity contribution in [3.63, 3.8) is 0 Å². The maximum Gasteiger partial charge on any atom is 0.0897 e. The van der Waals surface area contributed by atoms with Crippen molar-refractivity contribution in [3.8, 4) is 0 Å². The summed E-state index contributed by atoms with van der Waals surface area (Å²) in [6.45, 7) is 6.38. The Kier molecular flexibility index (Phi) is 7.43. The van der Waals surface area contributed by atoms with Crippen LogP contribution in [0.5, 0.6) is 0 Å². The normalized spacial score (nSPS) is 10.9. The predicted octanol–water partition coefficient (Wildman–Crippen LogP) is 3.90. The van der Waals surface area contributed by atoms with E-state index in [0.29, 0.717) is 0 Å². The van der Waals surface area contributed by atoms with Gasteiger partial charge in [0.2, 0.25) is 0 Å². The van der Waals surface area contributed by atoms with Crippen molar-refractivity contribution in [2.45, 2.75) is 58.9 Å². The van der Waals surface area contributed by atoms with Crippen molar-refractivity contribution >= 4 is 11.3 Å². The van der Waals surface area contributed by atoms with Crippen LogP contribution in [0.4, 0.5) is 0 Å². The van der Waals surface area contributed by atoms with E-state index in [1.807, 2.05) is 0 Å². The Morgan fingerprint density at radius 3 is 2.62 bits per heavy atom. The van der Waals surface area contributed by atoms with E-state index in [4.69, 9.17) is 0 Å². The maximum atomic E-state index is 4.43. The monoisotopic (exact) mass is 240 g/mol. The Labute approximate surface area is 103 Å². The summed E-state index contributed by atoms with van der Waals surface area (Å²) in [5.74, 6) is 0. The minimum Gasteiger partial charge on any atom is -0.311 e. The lowest BCUT2D eigenvalue weighted by Gasteiger charge is -2.02. The van der Waals surface area contributed by atoms with E-state index in [-0.39, 0.29) is 0 Å². The second-order valence-corrected chi connectivity index (χ2v) is 5.36. The Morgan fingerprint density at radius 2 is 1.94 bits per heavy atom. The zero-order valence-electron chi connectivity index (χ0n) is 10.6. The molecule has 1 heterocycles. The molecule has 0 aliphatic heterocycles. The molecule has 0 fully saturated rings. The fourth-order valence-corrected chi connectivity index (χ4v) is 2.35. The fourth-order valence-electron chi connectivity index (χ4n) is 1.74.